The number of rotatable bonds is 9. The Bertz CT molecular complexity index is 806. The maximum absolute atomic E-state index is 10.2. The second-order valence-electron chi connectivity index (χ2n) is 5.13. The number of aromatic hydroxyl groups is 1. The quantitative estimate of drug-likeness (QED) is 0.691. The van der Waals surface area contributed by atoms with Crippen LogP contribution in [0.5, 0.6) is 11.5 Å². The Hall–Kier alpha value is -3.46. The lowest BCUT2D eigenvalue weighted by Gasteiger charge is -2.25. The fourth-order valence-corrected chi connectivity index (χ4v) is 2.24. The zero-order valence-corrected chi connectivity index (χ0v) is 14.4. The predicted molar refractivity (Wildman–Crippen MR) is 102 cm³/mol. The van der Waals surface area contributed by atoms with Crippen LogP contribution in [0.25, 0.3) is 0 Å². The van der Waals surface area contributed by atoms with Crippen LogP contribution < -0.4 is 4.74 Å². The van der Waals surface area contributed by atoms with Crippen molar-refractivity contribution >= 4 is 0 Å². The lowest BCUT2D eigenvalue weighted by molar-refractivity contribution is 0.0509. The number of hydrogen-bond donors (Lipinski definition) is 1. The van der Waals surface area contributed by atoms with Crippen molar-refractivity contribution in [2.45, 2.75) is 6.10 Å². The van der Waals surface area contributed by atoms with Crippen LogP contribution in [-0.2, 0) is 4.74 Å². The summed E-state index contributed by atoms with van der Waals surface area (Å²) in [7, 11) is 0. The van der Waals surface area contributed by atoms with Crippen molar-refractivity contribution in [3.63, 3.8) is 0 Å². The molecule has 0 saturated carbocycles. The molecular formula is C22H19NO3. The molecule has 1 N–H and O–H groups in total. The Balaban J connectivity index is 3.26. The van der Waals surface area contributed by atoms with Gasteiger partial charge in [0.2, 0.25) is 0 Å². The van der Waals surface area contributed by atoms with Gasteiger partial charge in [-0.3, -0.25) is 4.90 Å². The number of ether oxygens (including phenoxy) is 2. The Morgan fingerprint density at radius 1 is 0.962 bits per heavy atom. The van der Waals surface area contributed by atoms with Crippen molar-refractivity contribution < 1.29 is 14.6 Å². The lowest BCUT2D eigenvalue weighted by atomic mass is 10.0. The maximum Gasteiger partial charge on any atom is 0.173 e. The fourth-order valence-electron chi connectivity index (χ4n) is 2.24. The van der Waals surface area contributed by atoms with E-state index in [9.17, 15) is 5.11 Å². The summed E-state index contributed by atoms with van der Waals surface area (Å²) in [6.45, 7) is 1.15. The van der Waals surface area contributed by atoms with E-state index in [0.29, 0.717) is 25.2 Å². The van der Waals surface area contributed by atoms with Gasteiger partial charge in [0.1, 0.15) is 13.2 Å². The number of benzene rings is 1. The van der Waals surface area contributed by atoms with Gasteiger partial charge < -0.3 is 14.6 Å². The Labute approximate surface area is 155 Å². The van der Waals surface area contributed by atoms with Gasteiger partial charge in [0, 0.05) is 6.54 Å². The molecule has 0 radical (unpaired) electrons. The molecule has 0 aliphatic heterocycles. The topological polar surface area (TPSA) is 41.9 Å². The molecule has 0 saturated heterocycles. The summed E-state index contributed by atoms with van der Waals surface area (Å²) in [6, 6.07) is 3.24. The zero-order chi connectivity index (χ0) is 19.4. The van der Waals surface area contributed by atoms with E-state index in [1.807, 2.05) is 4.90 Å². The smallest absolute Gasteiger partial charge is 0.173 e. The molecule has 26 heavy (non-hydrogen) atoms. The highest BCUT2D eigenvalue weighted by Crippen LogP contribution is 2.34. The van der Waals surface area contributed by atoms with Gasteiger partial charge in [0.15, 0.2) is 11.5 Å². The number of phenolic OH excluding ortho intramolecular Hbond substituents is 1. The van der Waals surface area contributed by atoms with E-state index in [4.69, 9.17) is 41.6 Å². The van der Waals surface area contributed by atoms with Crippen LogP contribution in [0.3, 0.4) is 0 Å². The highest BCUT2D eigenvalue weighted by Gasteiger charge is 2.20. The Morgan fingerprint density at radius 3 is 2.15 bits per heavy atom. The summed E-state index contributed by atoms with van der Waals surface area (Å²) in [4.78, 5) is 1.85. The molecule has 0 aliphatic carbocycles. The summed E-state index contributed by atoms with van der Waals surface area (Å²) in [6.07, 6.45) is 26.3. The molecule has 1 atom stereocenters. The number of nitrogens with zero attached hydrogens (tertiary/aromatic N) is 1. The fraction of sp³-hybridized carbons (Fsp3) is 0.273. The van der Waals surface area contributed by atoms with Crippen LogP contribution in [0.4, 0.5) is 0 Å². The highest BCUT2D eigenvalue weighted by atomic mass is 16.5. The van der Waals surface area contributed by atoms with Crippen LogP contribution in [0.1, 0.15) is 17.2 Å². The second-order valence-corrected chi connectivity index (χ2v) is 5.13. The van der Waals surface area contributed by atoms with Gasteiger partial charge in [0.25, 0.3) is 0 Å². The summed E-state index contributed by atoms with van der Waals surface area (Å²) in [5.74, 6) is 12.3. The molecule has 0 amide bonds. The van der Waals surface area contributed by atoms with Crippen molar-refractivity contribution in [1.82, 2.24) is 4.90 Å². The van der Waals surface area contributed by atoms with Crippen LogP contribution in [0.2, 0.25) is 0 Å². The normalized spacial score (nSPS) is 10.6. The van der Waals surface area contributed by atoms with E-state index in [1.165, 1.54) is 0 Å². The summed E-state index contributed by atoms with van der Waals surface area (Å²) >= 11 is 0. The summed E-state index contributed by atoms with van der Waals surface area (Å²) in [5, 5.41) is 10.2. The second kappa shape index (κ2) is 11.2. The number of phenols is 1. The Morgan fingerprint density at radius 2 is 1.62 bits per heavy atom. The molecular weight excluding hydrogens is 326 g/mol. The molecule has 1 aromatic carbocycles. The average Bonchev–Trinajstić information content (AvgIpc) is 2.64. The van der Waals surface area contributed by atoms with Crippen LogP contribution >= 0.6 is 0 Å². The minimum Gasteiger partial charge on any atom is -0.503 e. The largest absolute Gasteiger partial charge is 0.503 e. The lowest BCUT2D eigenvalue weighted by Crippen LogP contribution is -2.30. The van der Waals surface area contributed by atoms with Crippen molar-refractivity contribution in [2.75, 3.05) is 32.8 Å². The standard InChI is InChI=1S/C22H19NO3/c1-6-11-23(12-7-2)17-21(26-14-9-4)19-15-18(10-5)22(24)20(16-19)25-13-8-3/h1-5,15-16,21,24H,11-14,17H2. The first-order valence-corrected chi connectivity index (χ1v) is 7.65. The van der Waals surface area contributed by atoms with Crippen LogP contribution in [-0.4, -0.2) is 42.9 Å². The highest BCUT2D eigenvalue weighted by molar-refractivity contribution is 5.55. The molecule has 4 heteroatoms. The van der Waals surface area contributed by atoms with E-state index in [2.05, 4.69) is 29.6 Å². The van der Waals surface area contributed by atoms with Gasteiger partial charge in [0.05, 0.1) is 24.8 Å². The van der Waals surface area contributed by atoms with Crippen LogP contribution in [0, 0.1) is 61.7 Å². The molecule has 1 unspecified atom stereocenters. The van der Waals surface area contributed by atoms with Gasteiger partial charge in [-0.1, -0.05) is 29.6 Å². The molecule has 4 nitrogen and oxygen atoms in total. The van der Waals surface area contributed by atoms with Gasteiger partial charge in [-0.2, -0.15) is 0 Å². The minimum absolute atomic E-state index is 0.0167. The maximum atomic E-state index is 10.2. The van der Waals surface area contributed by atoms with Crippen molar-refractivity contribution in [3.05, 3.63) is 23.3 Å². The third-order valence-electron chi connectivity index (χ3n) is 3.36. The molecule has 130 valence electrons. The van der Waals surface area contributed by atoms with E-state index < -0.39 is 6.10 Å². The molecule has 1 aromatic rings. The third kappa shape index (κ3) is 5.87. The van der Waals surface area contributed by atoms with Gasteiger partial charge in [-0.15, -0.1) is 32.1 Å². The molecule has 0 spiro atoms. The van der Waals surface area contributed by atoms with Crippen molar-refractivity contribution in [2.24, 2.45) is 0 Å². The molecule has 0 aliphatic rings. The first-order valence-electron chi connectivity index (χ1n) is 7.65. The van der Waals surface area contributed by atoms with E-state index in [1.54, 1.807) is 12.1 Å². The monoisotopic (exact) mass is 345 g/mol. The van der Waals surface area contributed by atoms with Gasteiger partial charge in [-0.25, -0.2) is 0 Å². The SMILES string of the molecule is C#CCOc1cc(C(CN(CC#C)CC#C)OCC#C)cc(C#C)c1O. The molecule has 0 bridgehead atoms. The van der Waals surface area contributed by atoms with E-state index >= 15 is 0 Å². The van der Waals surface area contributed by atoms with Crippen LogP contribution in [0.15, 0.2) is 12.1 Å². The zero-order valence-electron chi connectivity index (χ0n) is 14.4. The first-order chi connectivity index (χ1) is 12.6. The molecule has 0 fully saturated rings. The molecule has 0 heterocycles. The Kier molecular flexibility index (Phi) is 8.83. The average molecular weight is 345 g/mol. The molecule has 1 rings (SSSR count). The minimum atomic E-state index is -0.478. The van der Waals surface area contributed by atoms with Crippen molar-refractivity contribution in [1.29, 1.82) is 0 Å². The van der Waals surface area contributed by atoms with Gasteiger partial charge in [-0.05, 0) is 17.7 Å². The predicted octanol–water partition coefficient (Wildman–Crippen LogP) is 1.64. The number of terminal acetylenes is 5. The van der Waals surface area contributed by atoms with Crippen molar-refractivity contribution in [3.8, 4) is 73.2 Å². The summed E-state index contributed by atoms with van der Waals surface area (Å²) < 4.78 is 11.1. The first kappa shape index (κ1) is 20.6. The van der Waals surface area contributed by atoms with Gasteiger partial charge >= 0.3 is 0 Å². The summed E-state index contributed by atoms with van der Waals surface area (Å²) in [5.41, 5.74) is 0.918. The van der Waals surface area contributed by atoms with E-state index in [-0.39, 0.29) is 30.3 Å². The number of hydrogen-bond acceptors (Lipinski definition) is 4. The molecule has 0 aromatic heterocycles. The van der Waals surface area contributed by atoms with E-state index in [0.717, 1.165) is 0 Å². The third-order valence-corrected chi connectivity index (χ3v) is 3.36.